The second kappa shape index (κ2) is 6.53. The average molecular weight is 255 g/mol. The first-order valence-corrected chi connectivity index (χ1v) is 7.30. The minimum atomic E-state index is -0.617. The highest BCUT2D eigenvalue weighted by Gasteiger charge is 2.38. The molecule has 0 amide bonds. The Morgan fingerprint density at radius 1 is 1.33 bits per heavy atom. The van der Waals surface area contributed by atoms with E-state index in [0.717, 1.165) is 58.2 Å². The molecule has 1 aliphatic carbocycles. The zero-order chi connectivity index (χ0) is 13.0. The summed E-state index contributed by atoms with van der Waals surface area (Å²) in [5.74, 6) is -0.774. The Kier molecular flexibility index (Phi) is 5.01. The molecule has 0 aromatic heterocycles. The second-order valence-electron chi connectivity index (χ2n) is 5.57. The third-order valence-electron chi connectivity index (χ3n) is 4.23. The van der Waals surface area contributed by atoms with Crippen LogP contribution in [-0.2, 0) is 9.53 Å². The Morgan fingerprint density at radius 2 is 2.17 bits per heavy atom. The minimum absolute atomic E-state index is 0.157. The van der Waals surface area contributed by atoms with E-state index in [1.165, 1.54) is 0 Å². The van der Waals surface area contributed by atoms with Crippen LogP contribution in [0.1, 0.15) is 45.4 Å². The number of piperidine rings is 1. The summed E-state index contributed by atoms with van der Waals surface area (Å²) >= 11 is 0. The predicted octanol–water partition coefficient (Wildman–Crippen LogP) is 2.13. The average Bonchev–Trinajstić information content (AvgIpc) is 2.86. The summed E-state index contributed by atoms with van der Waals surface area (Å²) in [5, 5.41) is 9.26. The van der Waals surface area contributed by atoms with Gasteiger partial charge in [0, 0.05) is 19.2 Å². The molecule has 18 heavy (non-hydrogen) atoms. The van der Waals surface area contributed by atoms with Gasteiger partial charge in [0.2, 0.25) is 0 Å². The zero-order valence-corrected chi connectivity index (χ0v) is 11.3. The fourth-order valence-electron chi connectivity index (χ4n) is 3.35. The molecule has 0 bridgehead atoms. The number of hydrogen-bond donors (Lipinski definition) is 1. The molecule has 2 fully saturated rings. The van der Waals surface area contributed by atoms with Crippen molar-refractivity contribution in [2.45, 2.75) is 57.6 Å². The summed E-state index contributed by atoms with van der Waals surface area (Å²) in [4.78, 5) is 13.6. The van der Waals surface area contributed by atoms with E-state index in [1.807, 2.05) is 0 Å². The Labute approximate surface area is 109 Å². The minimum Gasteiger partial charge on any atom is -0.481 e. The number of carboxylic acids is 1. The third kappa shape index (κ3) is 3.23. The van der Waals surface area contributed by atoms with Crippen molar-refractivity contribution in [3.05, 3.63) is 0 Å². The first-order valence-electron chi connectivity index (χ1n) is 7.30. The molecular formula is C14H25NO3. The lowest BCUT2D eigenvalue weighted by molar-refractivity contribution is -0.144. The van der Waals surface area contributed by atoms with Crippen LogP contribution in [-0.4, -0.2) is 47.8 Å². The molecule has 3 atom stereocenters. The van der Waals surface area contributed by atoms with E-state index in [9.17, 15) is 9.90 Å². The molecule has 1 saturated heterocycles. The van der Waals surface area contributed by atoms with Gasteiger partial charge in [0.05, 0.1) is 12.0 Å². The van der Waals surface area contributed by atoms with Gasteiger partial charge in [-0.1, -0.05) is 13.3 Å². The molecule has 2 rings (SSSR count). The smallest absolute Gasteiger partial charge is 0.308 e. The first kappa shape index (κ1) is 13.8. The zero-order valence-electron chi connectivity index (χ0n) is 11.3. The Morgan fingerprint density at radius 3 is 2.89 bits per heavy atom. The predicted molar refractivity (Wildman–Crippen MR) is 69.6 cm³/mol. The van der Waals surface area contributed by atoms with E-state index < -0.39 is 5.97 Å². The van der Waals surface area contributed by atoms with Crippen molar-refractivity contribution in [3.63, 3.8) is 0 Å². The number of likely N-dealkylation sites (tertiary alicyclic amines) is 1. The van der Waals surface area contributed by atoms with Crippen LogP contribution in [0.4, 0.5) is 0 Å². The highest BCUT2D eigenvalue weighted by Crippen LogP contribution is 2.32. The van der Waals surface area contributed by atoms with Crippen molar-refractivity contribution in [1.82, 2.24) is 4.90 Å². The van der Waals surface area contributed by atoms with Crippen LogP contribution in [0.15, 0.2) is 0 Å². The Bertz CT molecular complexity index is 282. The van der Waals surface area contributed by atoms with Gasteiger partial charge in [-0.15, -0.1) is 0 Å². The van der Waals surface area contributed by atoms with Crippen LogP contribution in [0.2, 0.25) is 0 Å². The van der Waals surface area contributed by atoms with Crippen molar-refractivity contribution in [2.75, 3.05) is 19.7 Å². The van der Waals surface area contributed by atoms with Crippen LogP contribution in [0, 0.1) is 5.92 Å². The summed E-state index contributed by atoms with van der Waals surface area (Å²) in [6.07, 6.45) is 6.57. The molecule has 0 aromatic rings. The van der Waals surface area contributed by atoms with E-state index in [2.05, 4.69) is 11.8 Å². The molecule has 3 unspecified atom stereocenters. The number of carboxylic acid groups (broad SMARTS) is 1. The lowest BCUT2D eigenvalue weighted by Gasteiger charge is -2.38. The highest BCUT2D eigenvalue weighted by atomic mass is 16.5. The van der Waals surface area contributed by atoms with Gasteiger partial charge in [0.25, 0.3) is 0 Å². The summed E-state index contributed by atoms with van der Waals surface area (Å²) in [5.41, 5.74) is 0. The summed E-state index contributed by atoms with van der Waals surface area (Å²) in [6, 6.07) is 0.246. The second-order valence-corrected chi connectivity index (χ2v) is 5.57. The third-order valence-corrected chi connectivity index (χ3v) is 4.23. The maximum absolute atomic E-state index is 11.3. The number of nitrogens with zero attached hydrogens (tertiary/aromatic N) is 1. The van der Waals surface area contributed by atoms with Crippen LogP contribution >= 0.6 is 0 Å². The number of aliphatic carboxylic acids is 1. The van der Waals surface area contributed by atoms with Gasteiger partial charge < -0.3 is 9.84 Å². The molecular weight excluding hydrogens is 230 g/mol. The molecule has 4 nitrogen and oxygen atoms in total. The monoisotopic (exact) mass is 255 g/mol. The Hall–Kier alpha value is -0.610. The van der Waals surface area contributed by atoms with Gasteiger partial charge in [0.15, 0.2) is 0 Å². The first-order chi connectivity index (χ1) is 8.72. The SMILES string of the molecule is CCCOC1CCCN(C2CCCC2C(=O)O)C1. The summed E-state index contributed by atoms with van der Waals surface area (Å²) in [6.45, 7) is 4.92. The van der Waals surface area contributed by atoms with Gasteiger partial charge in [-0.3, -0.25) is 9.69 Å². The largest absolute Gasteiger partial charge is 0.481 e. The van der Waals surface area contributed by atoms with Crippen LogP contribution in [0.5, 0.6) is 0 Å². The normalized spacial score (nSPS) is 33.7. The van der Waals surface area contributed by atoms with E-state index in [4.69, 9.17) is 4.74 Å². The van der Waals surface area contributed by atoms with Crippen molar-refractivity contribution in [3.8, 4) is 0 Å². The maximum atomic E-state index is 11.3. The molecule has 0 spiro atoms. The number of rotatable bonds is 5. The molecule has 0 aromatic carbocycles. The highest BCUT2D eigenvalue weighted by molar-refractivity contribution is 5.71. The van der Waals surface area contributed by atoms with Crippen LogP contribution in [0.25, 0.3) is 0 Å². The number of hydrogen-bond acceptors (Lipinski definition) is 3. The van der Waals surface area contributed by atoms with Gasteiger partial charge in [-0.05, 0) is 38.6 Å². The lowest BCUT2D eigenvalue weighted by atomic mass is 9.98. The Balaban J connectivity index is 1.89. The molecule has 1 aliphatic heterocycles. The molecule has 1 heterocycles. The van der Waals surface area contributed by atoms with Gasteiger partial charge in [-0.25, -0.2) is 0 Å². The van der Waals surface area contributed by atoms with E-state index >= 15 is 0 Å². The summed E-state index contributed by atoms with van der Waals surface area (Å²) in [7, 11) is 0. The fraction of sp³-hybridized carbons (Fsp3) is 0.929. The fourth-order valence-corrected chi connectivity index (χ4v) is 3.35. The van der Waals surface area contributed by atoms with Crippen molar-refractivity contribution in [2.24, 2.45) is 5.92 Å². The van der Waals surface area contributed by atoms with Gasteiger partial charge in [0.1, 0.15) is 0 Å². The van der Waals surface area contributed by atoms with Crippen molar-refractivity contribution in [1.29, 1.82) is 0 Å². The van der Waals surface area contributed by atoms with Crippen molar-refractivity contribution >= 4 is 5.97 Å². The van der Waals surface area contributed by atoms with Crippen molar-refractivity contribution < 1.29 is 14.6 Å². The van der Waals surface area contributed by atoms with E-state index in [0.29, 0.717) is 6.10 Å². The molecule has 2 aliphatic rings. The van der Waals surface area contributed by atoms with E-state index in [-0.39, 0.29) is 12.0 Å². The standard InChI is InChI=1S/C14H25NO3/c1-2-9-18-11-5-4-8-15(10-11)13-7-3-6-12(13)14(16)17/h11-13H,2-10H2,1H3,(H,16,17). The quantitative estimate of drug-likeness (QED) is 0.817. The summed E-state index contributed by atoms with van der Waals surface area (Å²) < 4.78 is 5.83. The topological polar surface area (TPSA) is 49.8 Å². The van der Waals surface area contributed by atoms with Gasteiger partial charge >= 0.3 is 5.97 Å². The number of ether oxygens (including phenoxy) is 1. The lowest BCUT2D eigenvalue weighted by Crippen LogP contribution is -2.48. The van der Waals surface area contributed by atoms with Gasteiger partial charge in [-0.2, -0.15) is 0 Å². The maximum Gasteiger partial charge on any atom is 0.308 e. The molecule has 0 radical (unpaired) electrons. The number of carbonyl (C=O) groups is 1. The van der Waals surface area contributed by atoms with Crippen LogP contribution in [0.3, 0.4) is 0 Å². The van der Waals surface area contributed by atoms with Crippen LogP contribution < -0.4 is 0 Å². The van der Waals surface area contributed by atoms with E-state index in [1.54, 1.807) is 0 Å². The molecule has 1 saturated carbocycles. The molecule has 1 N–H and O–H groups in total. The molecule has 4 heteroatoms. The molecule has 104 valence electrons.